The van der Waals surface area contributed by atoms with Gasteiger partial charge in [-0.15, -0.1) is 0 Å². The molecule has 0 aliphatic heterocycles. The molecular weight excluding hydrogens is 232 g/mol. The van der Waals surface area contributed by atoms with Gasteiger partial charge in [-0.2, -0.15) is 0 Å². The zero-order valence-electron chi connectivity index (χ0n) is 10.2. The normalized spacial score (nSPS) is 15.9. The van der Waals surface area contributed by atoms with Crippen molar-refractivity contribution in [2.75, 3.05) is 5.73 Å². The van der Waals surface area contributed by atoms with Gasteiger partial charge in [-0.3, -0.25) is 9.59 Å². The second-order valence-electron chi connectivity index (χ2n) is 3.08. The van der Waals surface area contributed by atoms with Crippen molar-refractivity contribution in [1.29, 1.82) is 0 Å². The van der Waals surface area contributed by atoms with Crippen LogP contribution in [-0.2, 0) is 4.79 Å². The molecule has 0 amide bonds. The topological polar surface area (TPSA) is 106 Å². The van der Waals surface area contributed by atoms with Crippen molar-refractivity contribution in [2.45, 2.75) is 12.4 Å². The van der Waals surface area contributed by atoms with Gasteiger partial charge in [0.25, 0.3) is 0 Å². The number of carboxylic acid groups (broad SMARTS) is 1. The Morgan fingerprint density at radius 1 is 1.69 bits per heavy atom. The van der Waals surface area contributed by atoms with Crippen LogP contribution >= 0.6 is 11.6 Å². The van der Waals surface area contributed by atoms with E-state index in [-0.39, 0.29) is 22.3 Å². The van der Waals surface area contributed by atoms with Crippen LogP contribution in [0.3, 0.4) is 0 Å². The number of halogens is 1. The molecule has 0 radical (unpaired) electrons. The van der Waals surface area contributed by atoms with E-state index in [1.54, 1.807) is 0 Å². The number of nitrogens with two attached hydrogens (primary N) is 2. The van der Waals surface area contributed by atoms with E-state index in [1.165, 1.54) is 12.1 Å². The molecule has 1 unspecified atom stereocenters. The van der Waals surface area contributed by atoms with Crippen LogP contribution in [0.5, 0.6) is 0 Å². The summed E-state index contributed by atoms with van der Waals surface area (Å²) in [5.41, 5.74) is 10.5. The number of hydrogen-bond donors (Lipinski definition) is 3. The van der Waals surface area contributed by atoms with E-state index < -0.39 is 24.2 Å². The molecule has 1 aromatic carbocycles. The van der Waals surface area contributed by atoms with Gasteiger partial charge in [0.2, 0.25) is 0 Å². The molecule has 1 aromatic rings. The Kier molecular flexibility index (Phi) is 2.98. The summed E-state index contributed by atoms with van der Waals surface area (Å²) in [4.78, 5) is 22.5. The Balaban J connectivity index is 3.10. The minimum Gasteiger partial charge on any atom is -0.480 e. The third-order valence-electron chi connectivity index (χ3n) is 1.84. The number of ketones is 1. The van der Waals surface area contributed by atoms with Gasteiger partial charge in [-0.05, 0) is 18.2 Å². The summed E-state index contributed by atoms with van der Waals surface area (Å²) >= 11 is 5.64. The number of benzene rings is 1. The van der Waals surface area contributed by atoms with Gasteiger partial charge in [-0.1, -0.05) is 11.6 Å². The maximum atomic E-state index is 11.8. The van der Waals surface area contributed by atoms with Gasteiger partial charge in [0.05, 0.1) is 2.74 Å². The largest absolute Gasteiger partial charge is 0.480 e. The highest BCUT2D eigenvalue weighted by atomic mass is 35.5. The Morgan fingerprint density at radius 2 is 2.31 bits per heavy atom. The number of carbonyl (C=O) groups excluding carboxylic acids is 1. The van der Waals surface area contributed by atoms with E-state index in [2.05, 4.69) is 0 Å². The van der Waals surface area contributed by atoms with Crippen molar-refractivity contribution in [3.05, 3.63) is 28.8 Å². The van der Waals surface area contributed by atoms with Gasteiger partial charge in [0.1, 0.15) is 6.02 Å². The average molecular weight is 245 g/mol. The highest BCUT2D eigenvalue weighted by Gasteiger charge is 2.18. The summed E-state index contributed by atoms with van der Waals surface area (Å²) in [5.74, 6) is -2.41. The van der Waals surface area contributed by atoms with E-state index in [9.17, 15) is 9.59 Å². The molecule has 0 bridgehead atoms. The van der Waals surface area contributed by atoms with Gasteiger partial charge in [0.15, 0.2) is 5.78 Å². The Hall–Kier alpha value is -1.59. The van der Waals surface area contributed by atoms with E-state index in [0.717, 1.165) is 0 Å². The summed E-state index contributed by atoms with van der Waals surface area (Å²) in [6.45, 7) is 0. The number of rotatable bonds is 4. The summed E-state index contributed by atoms with van der Waals surface area (Å²) in [5, 5.41) is 8.85. The molecular formula is C10H11ClN2O3. The van der Waals surface area contributed by atoms with Crippen molar-refractivity contribution in [3.8, 4) is 0 Å². The molecule has 0 aliphatic rings. The van der Waals surface area contributed by atoms with Gasteiger partial charge >= 0.3 is 5.97 Å². The van der Waals surface area contributed by atoms with Crippen LogP contribution in [0.1, 0.15) is 19.5 Å². The van der Waals surface area contributed by atoms with Crippen molar-refractivity contribution in [3.63, 3.8) is 0 Å². The molecule has 5 N–H and O–H groups in total. The van der Waals surface area contributed by atoms with Gasteiger partial charge in [-0.25, -0.2) is 0 Å². The van der Waals surface area contributed by atoms with Gasteiger partial charge < -0.3 is 16.6 Å². The molecule has 0 aliphatic carbocycles. The number of Topliss-reactive ketones (excluding diaryl/α,β-unsaturated/α-hetero) is 1. The van der Waals surface area contributed by atoms with Crippen molar-refractivity contribution >= 4 is 29.0 Å². The lowest BCUT2D eigenvalue weighted by Gasteiger charge is -2.07. The summed E-state index contributed by atoms with van der Waals surface area (Å²) < 4.78 is 14.8. The lowest BCUT2D eigenvalue weighted by molar-refractivity contribution is -0.138. The van der Waals surface area contributed by atoms with Crippen LogP contribution < -0.4 is 11.5 Å². The maximum absolute atomic E-state index is 11.8. The van der Waals surface area contributed by atoms with E-state index in [4.69, 9.17) is 30.9 Å². The number of aliphatic carboxylic acids is 1. The molecule has 86 valence electrons. The monoisotopic (exact) mass is 244 g/mol. The highest BCUT2D eigenvalue weighted by molar-refractivity contribution is 6.31. The zero-order valence-corrected chi connectivity index (χ0v) is 8.91. The fourth-order valence-corrected chi connectivity index (χ4v) is 1.24. The molecule has 0 fully saturated rings. The first-order valence-corrected chi connectivity index (χ1v) is 4.64. The first-order chi connectivity index (χ1) is 8.15. The summed E-state index contributed by atoms with van der Waals surface area (Å²) in [6.07, 6.45) is -0.778. The predicted molar refractivity (Wildman–Crippen MR) is 60.4 cm³/mol. The Morgan fingerprint density at radius 3 is 2.81 bits per heavy atom. The number of carboxylic acids is 1. The molecule has 0 saturated carbocycles. The SMILES string of the molecule is [2H]c1cc(Cl)cc(N)c1C(=O)CC([2H])(N)C(=O)O. The standard InChI is InChI=1S/C10H11ClN2O3/c11-5-1-2-6(7(12)3-5)9(14)4-8(13)10(15)16/h1-3,8H,4,12-13H2,(H,15,16)/i2D,8D. The third kappa shape index (κ3) is 2.95. The molecule has 0 saturated heterocycles. The second kappa shape index (κ2) is 4.96. The number of hydrogen-bond acceptors (Lipinski definition) is 4. The van der Waals surface area contributed by atoms with Crippen LogP contribution in [0.2, 0.25) is 5.02 Å². The molecule has 0 aromatic heterocycles. The molecule has 0 spiro atoms. The maximum Gasteiger partial charge on any atom is 0.320 e. The fraction of sp³-hybridized carbons (Fsp3) is 0.200. The van der Waals surface area contributed by atoms with E-state index >= 15 is 0 Å². The number of nitrogen functional groups attached to an aromatic ring is 1. The van der Waals surface area contributed by atoms with E-state index in [0.29, 0.717) is 0 Å². The average Bonchev–Trinajstić information content (AvgIpc) is 2.13. The summed E-state index contributed by atoms with van der Waals surface area (Å²) in [6, 6.07) is -0.203. The van der Waals surface area contributed by atoms with Crippen molar-refractivity contribution in [1.82, 2.24) is 0 Å². The number of carbonyl (C=O) groups is 2. The second-order valence-corrected chi connectivity index (χ2v) is 3.52. The number of anilines is 1. The Labute approximate surface area is 99.8 Å². The highest BCUT2D eigenvalue weighted by Crippen LogP contribution is 2.19. The molecule has 1 rings (SSSR count). The summed E-state index contributed by atoms with van der Waals surface area (Å²) in [7, 11) is 0. The molecule has 5 nitrogen and oxygen atoms in total. The van der Waals surface area contributed by atoms with Crippen LogP contribution in [0.4, 0.5) is 5.69 Å². The van der Waals surface area contributed by atoms with Crippen molar-refractivity contribution in [2.24, 2.45) is 5.73 Å². The fourth-order valence-electron chi connectivity index (χ4n) is 1.07. The molecule has 1 atom stereocenters. The first-order valence-electron chi connectivity index (χ1n) is 5.26. The van der Waals surface area contributed by atoms with Crippen LogP contribution in [0.15, 0.2) is 18.2 Å². The third-order valence-corrected chi connectivity index (χ3v) is 2.06. The molecule has 16 heavy (non-hydrogen) atoms. The Bertz CT molecular complexity index is 497. The quantitative estimate of drug-likeness (QED) is 0.539. The minimum atomic E-state index is -2.45. The molecule has 6 heteroatoms. The smallest absolute Gasteiger partial charge is 0.320 e. The zero-order chi connectivity index (χ0) is 14.1. The minimum absolute atomic E-state index is 0.0429. The van der Waals surface area contributed by atoms with Crippen LogP contribution in [0.25, 0.3) is 0 Å². The lowest BCUT2D eigenvalue weighted by Crippen LogP contribution is -2.32. The predicted octanol–water partition coefficient (Wildman–Crippen LogP) is 0.907. The van der Waals surface area contributed by atoms with Crippen molar-refractivity contribution < 1.29 is 17.4 Å². The molecule has 0 heterocycles. The van der Waals surface area contributed by atoms with Gasteiger partial charge in [0, 0.05) is 22.7 Å². The van der Waals surface area contributed by atoms with Crippen LogP contribution in [0, 0.1) is 0 Å². The van der Waals surface area contributed by atoms with E-state index in [1.807, 2.05) is 0 Å². The lowest BCUT2D eigenvalue weighted by atomic mass is 10.0. The first kappa shape index (κ1) is 9.62. The van der Waals surface area contributed by atoms with Crippen LogP contribution in [-0.4, -0.2) is 22.9 Å².